The number of allylic oxidation sites excluding steroid dienone is 2. The van der Waals surface area contributed by atoms with Crippen LogP contribution in [0.4, 0.5) is 0 Å². The Labute approximate surface area is 126 Å². The number of aryl methyl sites for hydroxylation is 1. The summed E-state index contributed by atoms with van der Waals surface area (Å²) in [5.74, 6) is -3.02. The van der Waals surface area contributed by atoms with Gasteiger partial charge >= 0.3 is 5.97 Å². The molecule has 2 unspecified atom stereocenters. The van der Waals surface area contributed by atoms with Gasteiger partial charge in [-0.15, -0.1) is 0 Å². The van der Waals surface area contributed by atoms with E-state index in [-0.39, 0.29) is 17.0 Å². The zero-order valence-electron chi connectivity index (χ0n) is 12.0. The number of carboxylic acid groups (broad SMARTS) is 1. The number of aromatic carboxylic acids is 1. The zero-order chi connectivity index (χ0) is 16.0. The summed E-state index contributed by atoms with van der Waals surface area (Å²) in [5, 5.41) is 9.15. The fraction of sp³-hybridized carbons (Fsp3) is 0.375. The zero-order valence-corrected chi connectivity index (χ0v) is 12.0. The highest BCUT2D eigenvalue weighted by Gasteiger charge is 2.44. The van der Waals surface area contributed by atoms with Gasteiger partial charge in [0, 0.05) is 24.6 Å². The van der Waals surface area contributed by atoms with Crippen LogP contribution in [0, 0.1) is 11.8 Å². The van der Waals surface area contributed by atoms with Gasteiger partial charge in [0.15, 0.2) is 11.6 Å². The Morgan fingerprint density at radius 3 is 2.32 bits per heavy atom. The van der Waals surface area contributed by atoms with Crippen molar-refractivity contribution in [2.45, 2.75) is 26.3 Å². The lowest BCUT2D eigenvalue weighted by molar-refractivity contribution is 0.0687. The number of fused-ring (bicyclic) bond motifs is 2. The second kappa shape index (κ2) is 5.05. The number of pyridine rings is 1. The van der Waals surface area contributed by atoms with Gasteiger partial charge in [-0.2, -0.15) is 0 Å². The lowest BCUT2D eigenvalue weighted by Crippen LogP contribution is -2.43. The first-order chi connectivity index (χ1) is 10.5. The Balaban J connectivity index is 2.33. The van der Waals surface area contributed by atoms with E-state index in [2.05, 4.69) is 0 Å². The van der Waals surface area contributed by atoms with Crippen molar-refractivity contribution >= 4 is 17.5 Å². The van der Waals surface area contributed by atoms with Crippen molar-refractivity contribution in [1.82, 2.24) is 4.57 Å². The highest BCUT2D eigenvalue weighted by Crippen LogP contribution is 2.36. The third-order valence-electron chi connectivity index (χ3n) is 4.44. The molecule has 0 aliphatic heterocycles. The van der Waals surface area contributed by atoms with E-state index in [1.807, 2.05) is 12.2 Å². The lowest BCUT2D eigenvalue weighted by atomic mass is 9.70. The van der Waals surface area contributed by atoms with Gasteiger partial charge in [0.25, 0.3) is 0 Å². The normalized spacial score (nSPS) is 23.1. The summed E-state index contributed by atoms with van der Waals surface area (Å²) in [5.41, 5.74) is -1.49. The standard InChI is InChI=1S/C16H15NO5/c1-2-17-7-10(16(21)22)14(19)11-12(17)15(20)9-6-4-3-5-8(9)13(11)18/h3-4,7-9H,2,5-6H2,1H3,(H,21,22). The van der Waals surface area contributed by atoms with Gasteiger partial charge in [-0.1, -0.05) is 12.2 Å². The number of hydrogen-bond donors (Lipinski definition) is 1. The summed E-state index contributed by atoms with van der Waals surface area (Å²) in [7, 11) is 0. The number of Topliss-reactive ketones (excluding diaryl/α,β-unsaturated/α-hetero) is 2. The molecule has 0 saturated heterocycles. The van der Waals surface area contributed by atoms with E-state index in [1.165, 1.54) is 4.57 Å². The maximum Gasteiger partial charge on any atom is 0.341 e. The Kier molecular flexibility index (Phi) is 3.31. The second-order valence-electron chi connectivity index (χ2n) is 5.57. The summed E-state index contributed by atoms with van der Waals surface area (Å²) in [6, 6.07) is 0. The summed E-state index contributed by atoms with van der Waals surface area (Å²) in [4.78, 5) is 49.0. The highest BCUT2D eigenvalue weighted by atomic mass is 16.4. The topological polar surface area (TPSA) is 93.4 Å². The molecule has 1 heterocycles. The Bertz CT molecular complexity index is 786. The van der Waals surface area contributed by atoms with E-state index in [9.17, 15) is 19.2 Å². The number of aromatic nitrogens is 1. The predicted molar refractivity (Wildman–Crippen MR) is 77.4 cm³/mol. The molecule has 114 valence electrons. The van der Waals surface area contributed by atoms with E-state index in [4.69, 9.17) is 5.11 Å². The van der Waals surface area contributed by atoms with Crippen molar-refractivity contribution in [3.05, 3.63) is 45.4 Å². The van der Waals surface area contributed by atoms with Crippen molar-refractivity contribution < 1.29 is 19.5 Å². The van der Waals surface area contributed by atoms with Crippen LogP contribution in [-0.2, 0) is 6.54 Å². The first kappa shape index (κ1) is 14.4. The lowest BCUT2D eigenvalue weighted by Gasteiger charge is -2.32. The van der Waals surface area contributed by atoms with Crippen LogP contribution in [-0.4, -0.2) is 27.2 Å². The minimum absolute atomic E-state index is 0.0686. The summed E-state index contributed by atoms with van der Waals surface area (Å²) >= 11 is 0. The molecule has 22 heavy (non-hydrogen) atoms. The Morgan fingerprint density at radius 1 is 1.18 bits per heavy atom. The fourth-order valence-corrected chi connectivity index (χ4v) is 3.31. The number of carboxylic acids is 1. The van der Waals surface area contributed by atoms with Crippen LogP contribution in [0.2, 0.25) is 0 Å². The highest BCUT2D eigenvalue weighted by molar-refractivity contribution is 6.16. The van der Waals surface area contributed by atoms with Crippen LogP contribution >= 0.6 is 0 Å². The second-order valence-corrected chi connectivity index (χ2v) is 5.57. The first-order valence-electron chi connectivity index (χ1n) is 7.21. The van der Waals surface area contributed by atoms with Crippen LogP contribution in [0.25, 0.3) is 0 Å². The van der Waals surface area contributed by atoms with Crippen LogP contribution < -0.4 is 5.43 Å². The van der Waals surface area contributed by atoms with Crippen molar-refractivity contribution in [1.29, 1.82) is 0 Å². The summed E-state index contributed by atoms with van der Waals surface area (Å²) in [6.45, 7) is 2.05. The maximum absolute atomic E-state index is 12.7. The van der Waals surface area contributed by atoms with E-state index in [0.717, 1.165) is 6.20 Å². The Hall–Kier alpha value is -2.50. The number of rotatable bonds is 2. The molecule has 2 aliphatic rings. The van der Waals surface area contributed by atoms with Gasteiger partial charge in [-0.25, -0.2) is 4.79 Å². The number of carbonyl (C=O) groups is 3. The molecule has 0 bridgehead atoms. The fourth-order valence-electron chi connectivity index (χ4n) is 3.31. The molecular formula is C16H15NO5. The van der Waals surface area contributed by atoms with Crippen LogP contribution in [0.3, 0.4) is 0 Å². The number of ketones is 2. The molecule has 1 aromatic heterocycles. The SMILES string of the molecule is CCn1cc(C(=O)O)c(=O)c2c1C(=O)C1CC=CCC1C2=O. The number of carbonyl (C=O) groups excluding carboxylic acids is 2. The van der Waals surface area contributed by atoms with Gasteiger partial charge in [-0.05, 0) is 19.8 Å². The van der Waals surface area contributed by atoms with Gasteiger partial charge in [0.1, 0.15) is 5.56 Å². The Morgan fingerprint density at radius 2 is 1.77 bits per heavy atom. The largest absolute Gasteiger partial charge is 0.477 e. The van der Waals surface area contributed by atoms with E-state index in [0.29, 0.717) is 19.4 Å². The van der Waals surface area contributed by atoms with Crippen molar-refractivity contribution in [2.24, 2.45) is 11.8 Å². The smallest absolute Gasteiger partial charge is 0.341 e. The molecule has 0 aromatic carbocycles. The quantitative estimate of drug-likeness (QED) is 0.836. The number of nitrogens with zero attached hydrogens (tertiary/aromatic N) is 1. The van der Waals surface area contributed by atoms with Crippen LogP contribution in [0.1, 0.15) is 51.0 Å². The van der Waals surface area contributed by atoms with E-state index < -0.39 is 34.6 Å². The summed E-state index contributed by atoms with van der Waals surface area (Å²) < 4.78 is 1.41. The van der Waals surface area contributed by atoms with Gasteiger partial charge < -0.3 is 9.67 Å². The molecule has 2 atom stereocenters. The molecule has 0 radical (unpaired) electrons. The predicted octanol–water partition coefficient (Wildman–Crippen LogP) is 1.53. The minimum atomic E-state index is -1.39. The molecule has 1 N–H and O–H groups in total. The molecule has 2 aliphatic carbocycles. The molecule has 0 saturated carbocycles. The molecule has 6 heteroatoms. The van der Waals surface area contributed by atoms with Gasteiger partial charge in [0.05, 0.1) is 11.3 Å². The molecule has 3 rings (SSSR count). The van der Waals surface area contributed by atoms with Crippen molar-refractivity contribution in [3.8, 4) is 0 Å². The minimum Gasteiger partial charge on any atom is -0.477 e. The maximum atomic E-state index is 12.7. The monoisotopic (exact) mass is 301 g/mol. The van der Waals surface area contributed by atoms with Crippen molar-refractivity contribution in [3.63, 3.8) is 0 Å². The molecule has 0 amide bonds. The first-order valence-corrected chi connectivity index (χ1v) is 7.21. The molecule has 0 fully saturated rings. The summed E-state index contributed by atoms with van der Waals surface area (Å²) in [6.07, 6.45) is 5.76. The van der Waals surface area contributed by atoms with Crippen molar-refractivity contribution in [2.75, 3.05) is 0 Å². The molecule has 0 spiro atoms. The van der Waals surface area contributed by atoms with Crippen LogP contribution in [0.15, 0.2) is 23.1 Å². The molecule has 6 nitrogen and oxygen atoms in total. The average Bonchev–Trinajstić information content (AvgIpc) is 2.52. The van der Waals surface area contributed by atoms with Crippen LogP contribution in [0.5, 0.6) is 0 Å². The van der Waals surface area contributed by atoms with E-state index in [1.54, 1.807) is 6.92 Å². The third kappa shape index (κ3) is 1.87. The van der Waals surface area contributed by atoms with Gasteiger partial charge in [-0.3, -0.25) is 14.4 Å². The molecular weight excluding hydrogens is 286 g/mol. The van der Waals surface area contributed by atoms with E-state index >= 15 is 0 Å². The number of hydrogen-bond acceptors (Lipinski definition) is 4. The molecule has 1 aromatic rings. The van der Waals surface area contributed by atoms with Gasteiger partial charge in [0.2, 0.25) is 5.43 Å². The third-order valence-corrected chi connectivity index (χ3v) is 4.44. The average molecular weight is 301 g/mol.